The molecule has 0 radical (unpaired) electrons. The summed E-state index contributed by atoms with van der Waals surface area (Å²) in [5, 5.41) is 3.28. The minimum Gasteiger partial charge on any atom is -0.442 e. The second-order valence-corrected chi connectivity index (χ2v) is 4.43. The average Bonchev–Trinajstić information content (AvgIpc) is 2.74. The van der Waals surface area contributed by atoms with Crippen molar-refractivity contribution >= 4 is 0 Å². The summed E-state index contributed by atoms with van der Waals surface area (Å²) in [4.78, 5) is 4.54. The van der Waals surface area contributed by atoms with Crippen molar-refractivity contribution in [2.75, 3.05) is 19.7 Å². The molecule has 1 saturated heterocycles. The molecule has 0 amide bonds. The van der Waals surface area contributed by atoms with Gasteiger partial charge in [-0.25, -0.2) is 4.98 Å². The van der Waals surface area contributed by atoms with Crippen molar-refractivity contribution in [1.29, 1.82) is 0 Å². The summed E-state index contributed by atoms with van der Waals surface area (Å²) < 4.78 is 11.5. The molecule has 90 valence electrons. The number of hydrogen-bond donors (Lipinski definition) is 1. The van der Waals surface area contributed by atoms with E-state index in [0.29, 0.717) is 5.92 Å². The largest absolute Gasteiger partial charge is 0.442 e. The first-order chi connectivity index (χ1) is 7.72. The molecule has 1 N–H and O–H groups in total. The molecule has 1 aliphatic rings. The van der Waals surface area contributed by atoms with Gasteiger partial charge in [-0.15, -0.1) is 0 Å². The Labute approximate surface area is 96.4 Å². The van der Waals surface area contributed by atoms with Crippen LogP contribution in [0.2, 0.25) is 0 Å². The Bertz CT molecular complexity index is 341. The van der Waals surface area contributed by atoms with Crippen molar-refractivity contribution in [3.05, 3.63) is 17.3 Å². The number of hydrogen-bond acceptors (Lipinski definition) is 4. The smallest absolute Gasteiger partial charge is 0.225 e. The molecule has 1 fully saturated rings. The summed E-state index contributed by atoms with van der Waals surface area (Å²) in [6.45, 7) is 8.79. The third-order valence-corrected chi connectivity index (χ3v) is 2.81. The molecule has 1 aliphatic heterocycles. The van der Waals surface area contributed by atoms with Crippen LogP contribution in [-0.4, -0.2) is 24.7 Å². The summed E-state index contributed by atoms with van der Waals surface area (Å²) in [6.07, 6.45) is 0.892. The van der Waals surface area contributed by atoms with Crippen LogP contribution in [0.25, 0.3) is 0 Å². The Hall–Kier alpha value is -0.870. The summed E-state index contributed by atoms with van der Waals surface area (Å²) in [7, 11) is 0. The van der Waals surface area contributed by atoms with Crippen LogP contribution in [0.3, 0.4) is 0 Å². The topological polar surface area (TPSA) is 47.3 Å². The Morgan fingerprint density at radius 3 is 2.81 bits per heavy atom. The number of rotatable bonds is 3. The predicted molar refractivity (Wildman–Crippen MR) is 61.5 cm³/mol. The van der Waals surface area contributed by atoms with Gasteiger partial charge in [0.15, 0.2) is 0 Å². The highest BCUT2D eigenvalue weighted by Gasteiger charge is 2.24. The Morgan fingerprint density at radius 1 is 1.50 bits per heavy atom. The maximum Gasteiger partial charge on any atom is 0.225 e. The van der Waals surface area contributed by atoms with Crippen LogP contribution in [0.1, 0.15) is 50.1 Å². The van der Waals surface area contributed by atoms with Gasteiger partial charge in [-0.3, -0.25) is 0 Å². The van der Waals surface area contributed by atoms with Crippen LogP contribution in [0.5, 0.6) is 0 Å². The van der Waals surface area contributed by atoms with Crippen molar-refractivity contribution in [3.63, 3.8) is 0 Å². The van der Waals surface area contributed by atoms with Crippen molar-refractivity contribution in [2.45, 2.75) is 39.2 Å². The lowest BCUT2D eigenvalue weighted by Crippen LogP contribution is -2.33. The number of nitrogens with one attached hydrogen (secondary N) is 1. The van der Waals surface area contributed by atoms with Crippen molar-refractivity contribution in [2.24, 2.45) is 0 Å². The summed E-state index contributed by atoms with van der Waals surface area (Å²) in [6, 6.07) is 0. The highest BCUT2D eigenvalue weighted by Crippen LogP contribution is 2.26. The van der Waals surface area contributed by atoms with Crippen LogP contribution in [0.4, 0.5) is 0 Å². The number of aryl methyl sites for hydroxylation is 1. The zero-order valence-corrected chi connectivity index (χ0v) is 10.2. The SMILES string of the molecule is CCc1nc(C2CNCCO2)oc1C(C)C. The Balaban J connectivity index is 2.20. The fraction of sp³-hybridized carbons (Fsp3) is 0.750. The Morgan fingerprint density at radius 2 is 2.31 bits per heavy atom. The molecule has 0 aromatic carbocycles. The first-order valence-corrected chi connectivity index (χ1v) is 6.04. The zero-order valence-electron chi connectivity index (χ0n) is 10.2. The maximum absolute atomic E-state index is 5.83. The lowest BCUT2D eigenvalue weighted by molar-refractivity contribution is 0.0101. The quantitative estimate of drug-likeness (QED) is 0.853. The minimum absolute atomic E-state index is 0.0217. The van der Waals surface area contributed by atoms with E-state index in [2.05, 4.69) is 31.1 Å². The number of oxazole rings is 1. The molecule has 0 saturated carbocycles. The predicted octanol–water partition coefficient (Wildman–Crippen LogP) is 2.02. The van der Waals surface area contributed by atoms with Gasteiger partial charge in [0, 0.05) is 19.0 Å². The molecule has 1 atom stereocenters. The van der Waals surface area contributed by atoms with Gasteiger partial charge in [0.2, 0.25) is 5.89 Å². The molecule has 4 heteroatoms. The second kappa shape index (κ2) is 4.97. The van der Waals surface area contributed by atoms with E-state index >= 15 is 0 Å². The van der Waals surface area contributed by atoms with Crippen LogP contribution >= 0.6 is 0 Å². The molecule has 1 unspecified atom stereocenters. The fourth-order valence-electron chi connectivity index (χ4n) is 1.95. The molecular weight excluding hydrogens is 204 g/mol. The second-order valence-electron chi connectivity index (χ2n) is 4.43. The molecule has 2 heterocycles. The molecule has 0 bridgehead atoms. The van der Waals surface area contributed by atoms with Gasteiger partial charge >= 0.3 is 0 Å². The van der Waals surface area contributed by atoms with E-state index in [0.717, 1.165) is 43.5 Å². The van der Waals surface area contributed by atoms with Crippen molar-refractivity contribution < 1.29 is 9.15 Å². The molecule has 0 aliphatic carbocycles. The van der Waals surface area contributed by atoms with E-state index < -0.39 is 0 Å². The first kappa shape index (κ1) is 11.6. The molecule has 4 nitrogen and oxygen atoms in total. The first-order valence-electron chi connectivity index (χ1n) is 6.04. The van der Waals surface area contributed by atoms with Gasteiger partial charge in [0.05, 0.1) is 12.3 Å². The summed E-state index contributed by atoms with van der Waals surface area (Å²) >= 11 is 0. The molecular formula is C12H20N2O2. The standard InChI is InChI=1S/C12H20N2O2/c1-4-9-11(8(2)3)16-12(14-9)10-7-13-5-6-15-10/h8,10,13H,4-7H2,1-3H3. The third kappa shape index (κ3) is 2.28. The van der Waals surface area contributed by atoms with E-state index in [1.807, 2.05) is 0 Å². The lowest BCUT2D eigenvalue weighted by Gasteiger charge is -2.20. The number of nitrogens with zero attached hydrogens (tertiary/aromatic N) is 1. The maximum atomic E-state index is 5.83. The third-order valence-electron chi connectivity index (χ3n) is 2.81. The van der Waals surface area contributed by atoms with Crippen LogP contribution in [0.15, 0.2) is 4.42 Å². The van der Waals surface area contributed by atoms with E-state index in [1.165, 1.54) is 0 Å². The number of aromatic nitrogens is 1. The van der Waals surface area contributed by atoms with Crippen LogP contribution in [-0.2, 0) is 11.2 Å². The normalized spacial score (nSPS) is 21.6. The highest BCUT2D eigenvalue weighted by molar-refractivity contribution is 5.14. The number of ether oxygens (including phenoxy) is 1. The fourth-order valence-corrected chi connectivity index (χ4v) is 1.95. The van der Waals surface area contributed by atoms with Gasteiger partial charge in [0.1, 0.15) is 11.9 Å². The molecule has 16 heavy (non-hydrogen) atoms. The lowest BCUT2D eigenvalue weighted by atomic mass is 10.1. The Kier molecular flexibility index (Phi) is 3.61. The van der Waals surface area contributed by atoms with Gasteiger partial charge < -0.3 is 14.5 Å². The van der Waals surface area contributed by atoms with Crippen molar-refractivity contribution in [3.8, 4) is 0 Å². The zero-order chi connectivity index (χ0) is 11.5. The molecule has 1 aromatic rings. The van der Waals surface area contributed by atoms with Gasteiger partial charge in [-0.05, 0) is 6.42 Å². The van der Waals surface area contributed by atoms with E-state index in [-0.39, 0.29) is 6.10 Å². The van der Waals surface area contributed by atoms with Gasteiger partial charge in [-0.1, -0.05) is 20.8 Å². The molecule has 2 rings (SSSR count). The monoisotopic (exact) mass is 224 g/mol. The average molecular weight is 224 g/mol. The molecule has 0 spiro atoms. The van der Waals surface area contributed by atoms with E-state index in [4.69, 9.17) is 9.15 Å². The van der Waals surface area contributed by atoms with Gasteiger partial charge in [0.25, 0.3) is 0 Å². The van der Waals surface area contributed by atoms with Crippen molar-refractivity contribution in [1.82, 2.24) is 10.3 Å². The molecule has 1 aromatic heterocycles. The minimum atomic E-state index is -0.0217. The van der Waals surface area contributed by atoms with Crippen LogP contribution < -0.4 is 5.32 Å². The van der Waals surface area contributed by atoms with E-state index in [9.17, 15) is 0 Å². The summed E-state index contributed by atoms with van der Waals surface area (Å²) in [5.41, 5.74) is 1.07. The van der Waals surface area contributed by atoms with Crippen LogP contribution in [0, 0.1) is 0 Å². The highest BCUT2D eigenvalue weighted by atomic mass is 16.5. The number of morpholine rings is 1. The van der Waals surface area contributed by atoms with Gasteiger partial charge in [-0.2, -0.15) is 0 Å². The van der Waals surface area contributed by atoms with E-state index in [1.54, 1.807) is 0 Å². The summed E-state index contributed by atoms with van der Waals surface area (Å²) in [5.74, 6) is 2.12.